The van der Waals surface area contributed by atoms with E-state index < -0.39 is 84.8 Å². The van der Waals surface area contributed by atoms with Gasteiger partial charge in [-0.05, 0) is 37.0 Å². The predicted molar refractivity (Wildman–Crippen MR) is 151 cm³/mol. The Labute approximate surface area is 254 Å². The molecular formula is C29H44F2N2O11. The molecule has 1 aromatic carbocycles. The molecule has 1 aliphatic rings. The van der Waals surface area contributed by atoms with Gasteiger partial charge in [-0.2, -0.15) is 0 Å². The summed E-state index contributed by atoms with van der Waals surface area (Å²) in [5.41, 5.74) is 6.72. The van der Waals surface area contributed by atoms with Crippen LogP contribution in [0.15, 0.2) is 24.3 Å². The summed E-state index contributed by atoms with van der Waals surface area (Å²) in [4.78, 5) is 37.0. The second kappa shape index (κ2) is 16.5. The molecule has 250 valence electrons. The summed E-state index contributed by atoms with van der Waals surface area (Å²) in [7, 11) is 1.50. The highest BCUT2D eigenvalue weighted by atomic mass is 19.3. The fourth-order valence-electron chi connectivity index (χ4n) is 4.88. The number of unbranched alkanes of at least 4 members (excludes halogenated alkanes) is 3. The van der Waals surface area contributed by atoms with Crippen LogP contribution in [-0.4, -0.2) is 110 Å². The molecule has 1 aromatic rings. The second-order valence-corrected chi connectivity index (χ2v) is 11.2. The minimum atomic E-state index is -4.04. The first-order valence-electron chi connectivity index (χ1n) is 14.4. The number of aliphatic carboxylic acids is 1. The molecule has 1 unspecified atom stereocenters. The van der Waals surface area contributed by atoms with Gasteiger partial charge in [0.15, 0.2) is 5.78 Å². The van der Waals surface area contributed by atoms with Crippen molar-refractivity contribution in [3.05, 3.63) is 29.8 Å². The molecule has 1 heterocycles. The van der Waals surface area contributed by atoms with Gasteiger partial charge in [0, 0.05) is 12.8 Å². The molecule has 8 atom stereocenters. The van der Waals surface area contributed by atoms with E-state index in [9.17, 15) is 53.8 Å². The van der Waals surface area contributed by atoms with Crippen molar-refractivity contribution in [1.82, 2.24) is 5.32 Å². The van der Waals surface area contributed by atoms with Crippen LogP contribution >= 0.6 is 0 Å². The highest BCUT2D eigenvalue weighted by molar-refractivity contribution is 5.92. The van der Waals surface area contributed by atoms with E-state index in [1.165, 1.54) is 14.0 Å². The van der Waals surface area contributed by atoms with Crippen molar-refractivity contribution in [3.63, 3.8) is 0 Å². The lowest BCUT2D eigenvalue weighted by Crippen LogP contribution is -2.71. The maximum absolute atomic E-state index is 14.9. The molecule has 0 aliphatic carbocycles. The lowest BCUT2D eigenvalue weighted by molar-refractivity contribution is -0.412. The van der Waals surface area contributed by atoms with Crippen LogP contribution in [0.25, 0.3) is 0 Å². The number of rotatable bonds is 18. The van der Waals surface area contributed by atoms with Gasteiger partial charge in [0.2, 0.25) is 5.91 Å². The van der Waals surface area contributed by atoms with Gasteiger partial charge < -0.3 is 51.2 Å². The van der Waals surface area contributed by atoms with E-state index in [0.29, 0.717) is 24.2 Å². The highest BCUT2D eigenvalue weighted by Crippen LogP contribution is 2.42. The molecule has 1 fully saturated rings. The van der Waals surface area contributed by atoms with E-state index in [1.54, 1.807) is 24.3 Å². The average Bonchev–Trinajstić information content (AvgIpc) is 2.99. The van der Waals surface area contributed by atoms with Crippen molar-refractivity contribution in [2.24, 2.45) is 11.7 Å². The molecule has 15 heteroatoms. The number of hydrogen-bond donors (Lipinski definition) is 8. The summed E-state index contributed by atoms with van der Waals surface area (Å²) in [6.07, 6.45) is -8.50. The van der Waals surface area contributed by atoms with E-state index >= 15 is 0 Å². The smallest absolute Gasteiger partial charge is 0.306 e. The van der Waals surface area contributed by atoms with Gasteiger partial charge in [0.05, 0.1) is 31.7 Å². The third kappa shape index (κ3) is 9.60. The zero-order valence-corrected chi connectivity index (χ0v) is 24.8. The molecule has 0 radical (unpaired) electrons. The molecule has 1 saturated heterocycles. The number of benzene rings is 1. The lowest BCUT2D eigenvalue weighted by Gasteiger charge is -2.48. The Morgan fingerprint density at radius 3 is 2.27 bits per heavy atom. The van der Waals surface area contributed by atoms with E-state index in [-0.39, 0.29) is 32.1 Å². The minimum Gasteiger partial charge on any atom is -0.497 e. The van der Waals surface area contributed by atoms with Crippen LogP contribution in [0.5, 0.6) is 5.75 Å². The van der Waals surface area contributed by atoms with Crippen LogP contribution in [0.3, 0.4) is 0 Å². The van der Waals surface area contributed by atoms with Crippen molar-refractivity contribution in [2.45, 2.75) is 106 Å². The van der Waals surface area contributed by atoms with Gasteiger partial charge >= 0.3 is 11.9 Å². The van der Waals surface area contributed by atoms with Crippen molar-refractivity contribution in [1.29, 1.82) is 0 Å². The van der Waals surface area contributed by atoms with E-state index in [0.717, 1.165) is 0 Å². The predicted octanol–water partition coefficient (Wildman–Crippen LogP) is -0.132. The maximum atomic E-state index is 14.9. The molecule has 9 N–H and O–H groups in total. The number of hydrogen-bond acceptors (Lipinski definition) is 11. The summed E-state index contributed by atoms with van der Waals surface area (Å²) < 4.78 is 39.5. The number of carboxylic acids is 1. The standard InChI is InChI=1S/C29H44F2N2O11/c1-16(27(40)41)13-21(35)20(14-17-8-10-18(43-2)11-9-17)33-26(39)19(32)7-5-3-4-6-12-28(30,31)29(42)25(38)24(37)23(36)22(15-34)44-29/h8-11,16,19-20,22-25,34,36-38,42H,3-7,12-15,32H2,1-2H3,(H,33,39)(H,40,41)/t16-,19+,20+,22-,23+,24+,25-,29?/m1/s1. The second-order valence-electron chi connectivity index (χ2n) is 11.2. The lowest BCUT2D eigenvalue weighted by atomic mass is 9.87. The Balaban J connectivity index is 1.88. The average molecular weight is 635 g/mol. The molecule has 44 heavy (non-hydrogen) atoms. The van der Waals surface area contributed by atoms with E-state index in [1.807, 2.05) is 0 Å². The van der Waals surface area contributed by atoms with Crippen LogP contribution in [0.2, 0.25) is 0 Å². The summed E-state index contributed by atoms with van der Waals surface area (Å²) >= 11 is 0. The van der Waals surface area contributed by atoms with Crippen molar-refractivity contribution < 1.29 is 63.3 Å². The first kappa shape index (κ1) is 37.4. The van der Waals surface area contributed by atoms with Gasteiger partial charge in [-0.1, -0.05) is 38.3 Å². The number of nitrogens with one attached hydrogen (secondary N) is 1. The fraction of sp³-hybridized carbons (Fsp3) is 0.690. The Bertz CT molecular complexity index is 1090. The first-order valence-corrected chi connectivity index (χ1v) is 14.4. The van der Waals surface area contributed by atoms with E-state index in [2.05, 4.69) is 5.32 Å². The molecule has 0 aromatic heterocycles. The third-order valence-electron chi connectivity index (χ3n) is 7.82. The van der Waals surface area contributed by atoms with Gasteiger partial charge in [-0.3, -0.25) is 14.4 Å². The Hall–Kier alpha value is -2.79. The number of ether oxygens (including phenoxy) is 2. The van der Waals surface area contributed by atoms with Crippen LogP contribution in [0.4, 0.5) is 8.78 Å². The number of amides is 1. The zero-order valence-electron chi connectivity index (χ0n) is 24.8. The molecule has 1 amide bonds. The van der Waals surface area contributed by atoms with Crippen molar-refractivity contribution >= 4 is 17.7 Å². The number of aliphatic hydroxyl groups excluding tert-OH is 4. The maximum Gasteiger partial charge on any atom is 0.306 e. The summed E-state index contributed by atoms with van der Waals surface area (Å²) in [6, 6.07) is 4.74. The van der Waals surface area contributed by atoms with Crippen LogP contribution in [-0.2, 0) is 25.5 Å². The summed E-state index contributed by atoms with van der Waals surface area (Å²) in [5.74, 6) is -10.2. The number of carboxylic acid groups (broad SMARTS) is 1. The van der Waals surface area contributed by atoms with Crippen molar-refractivity contribution in [3.8, 4) is 5.75 Å². The van der Waals surface area contributed by atoms with Gasteiger partial charge in [0.1, 0.15) is 30.2 Å². The Morgan fingerprint density at radius 1 is 1.09 bits per heavy atom. The SMILES string of the molecule is COc1ccc(C[C@H](NC(=O)[C@@H](N)CCCCCCC(F)(F)C2(O)O[C@H](CO)[C@H](O)[C@H](O)[C@H]2O)C(=O)C[C@@H](C)C(=O)O)cc1. The minimum absolute atomic E-state index is 0.0988. The normalized spacial score (nSPS) is 26.0. The van der Waals surface area contributed by atoms with Crippen LogP contribution in [0, 0.1) is 5.92 Å². The topological polar surface area (TPSA) is 229 Å². The number of alkyl halides is 2. The highest BCUT2D eigenvalue weighted by Gasteiger charge is 2.65. The Morgan fingerprint density at radius 2 is 1.70 bits per heavy atom. The molecular weight excluding hydrogens is 590 g/mol. The molecule has 2 rings (SSSR count). The summed E-state index contributed by atoms with van der Waals surface area (Å²) in [5, 5.41) is 61.0. The molecule has 0 bridgehead atoms. The number of nitrogens with two attached hydrogens (primary N) is 1. The monoisotopic (exact) mass is 634 g/mol. The number of carbonyl (C=O) groups excluding carboxylic acids is 2. The number of carbonyl (C=O) groups is 3. The number of ketones is 1. The van der Waals surface area contributed by atoms with Gasteiger partial charge in [0.25, 0.3) is 5.79 Å². The third-order valence-corrected chi connectivity index (χ3v) is 7.82. The molecule has 13 nitrogen and oxygen atoms in total. The zero-order chi connectivity index (χ0) is 33.2. The first-order chi connectivity index (χ1) is 20.6. The molecule has 1 aliphatic heterocycles. The fourth-order valence-corrected chi connectivity index (χ4v) is 4.88. The van der Waals surface area contributed by atoms with Crippen LogP contribution < -0.4 is 15.8 Å². The van der Waals surface area contributed by atoms with Gasteiger partial charge in [-0.15, -0.1) is 0 Å². The number of Topliss-reactive ketones (excluding diaryl/α,β-unsaturated/α-hetero) is 1. The quantitative estimate of drug-likeness (QED) is 0.0988. The van der Waals surface area contributed by atoms with Gasteiger partial charge in [-0.25, -0.2) is 8.78 Å². The summed E-state index contributed by atoms with van der Waals surface area (Å²) in [6.45, 7) is 0.410. The van der Waals surface area contributed by atoms with Crippen LogP contribution in [0.1, 0.15) is 57.4 Å². The molecule has 0 saturated carbocycles. The Kier molecular flexibility index (Phi) is 14.0. The number of methoxy groups -OCH3 is 1. The number of halogens is 2. The number of aliphatic hydroxyl groups is 5. The van der Waals surface area contributed by atoms with Crippen molar-refractivity contribution in [2.75, 3.05) is 13.7 Å². The molecule has 0 spiro atoms. The van der Waals surface area contributed by atoms with E-state index in [4.69, 9.17) is 15.2 Å². The largest absolute Gasteiger partial charge is 0.497 e.